The summed E-state index contributed by atoms with van der Waals surface area (Å²) in [4.78, 5) is 12.0. The predicted molar refractivity (Wildman–Crippen MR) is 73.3 cm³/mol. The van der Waals surface area contributed by atoms with Gasteiger partial charge in [-0.25, -0.2) is 0 Å². The lowest BCUT2D eigenvalue weighted by molar-refractivity contribution is 0.102. The van der Waals surface area contributed by atoms with Crippen molar-refractivity contribution in [3.05, 3.63) is 41.3 Å². The van der Waals surface area contributed by atoms with E-state index >= 15 is 0 Å². The second-order valence-electron chi connectivity index (χ2n) is 4.50. The molecule has 0 atom stereocenters. The number of hydrogen-bond donors (Lipinski definition) is 1. The van der Waals surface area contributed by atoms with E-state index < -0.39 is 0 Å². The molecule has 0 aliphatic heterocycles. The average molecular weight is 322 g/mol. The number of benzene rings is 1. The van der Waals surface area contributed by atoms with Gasteiger partial charge in [0.2, 0.25) is 5.89 Å². The summed E-state index contributed by atoms with van der Waals surface area (Å²) >= 11 is 3.36. The molecule has 98 valence electrons. The van der Waals surface area contributed by atoms with Crippen molar-refractivity contribution >= 4 is 27.9 Å². The minimum Gasteiger partial charge on any atom is -0.408 e. The molecule has 19 heavy (non-hydrogen) atoms. The maximum absolute atomic E-state index is 12.0. The zero-order chi connectivity index (χ0) is 13.2. The fraction of sp³-hybridized carbons (Fsp3) is 0.308. The van der Waals surface area contributed by atoms with E-state index in [1.807, 2.05) is 12.1 Å². The van der Waals surface area contributed by atoms with Crippen LogP contribution in [0.2, 0.25) is 0 Å². The Morgan fingerprint density at radius 2 is 2.05 bits per heavy atom. The molecule has 0 radical (unpaired) electrons. The van der Waals surface area contributed by atoms with Crippen molar-refractivity contribution in [3.63, 3.8) is 0 Å². The first-order valence-corrected chi connectivity index (χ1v) is 7.18. The maximum atomic E-state index is 12.0. The SMILES string of the molecule is O=C(Nc1nnc(C2CC2)o1)c1ccc(CBr)cc1. The topological polar surface area (TPSA) is 68.0 Å². The maximum Gasteiger partial charge on any atom is 0.322 e. The molecule has 0 unspecified atom stereocenters. The molecule has 1 aromatic heterocycles. The summed E-state index contributed by atoms with van der Waals surface area (Å²) in [5.74, 6) is 0.758. The van der Waals surface area contributed by atoms with Gasteiger partial charge in [-0.1, -0.05) is 33.2 Å². The van der Waals surface area contributed by atoms with Gasteiger partial charge in [0.1, 0.15) is 0 Å². The lowest BCUT2D eigenvalue weighted by atomic mass is 10.1. The number of amides is 1. The minimum absolute atomic E-state index is 0.163. The molecule has 3 rings (SSSR count). The minimum atomic E-state index is -0.243. The molecule has 1 N–H and O–H groups in total. The van der Waals surface area contributed by atoms with Crippen LogP contribution in [0.5, 0.6) is 0 Å². The number of hydrogen-bond acceptors (Lipinski definition) is 4. The van der Waals surface area contributed by atoms with Crippen LogP contribution in [-0.2, 0) is 5.33 Å². The number of alkyl halides is 1. The Morgan fingerprint density at radius 3 is 2.68 bits per heavy atom. The smallest absolute Gasteiger partial charge is 0.322 e. The highest BCUT2D eigenvalue weighted by Gasteiger charge is 2.29. The molecule has 1 saturated carbocycles. The zero-order valence-corrected chi connectivity index (χ0v) is 11.7. The number of carbonyl (C=O) groups is 1. The Morgan fingerprint density at radius 1 is 1.32 bits per heavy atom. The lowest BCUT2D eigenvalue weighted by Crippen LogP contribution is -2.12. The van der Waals surface area contributed by atoms with Gasteiger partial charge in [0.25, 0.3) is 5.91 Å². The van der Waals surface area contributed by atoms with Crippen molar-refractivity contribution in [1.82, 2.24) is 10.2 Å². The van der Waals surface area contributed by atoms with Crippen LogP contribution < -0.4 is 5.32 Å². The summed E-state index contributed by atoms with van der Waals surface area (Å²) in [6, 6.07) is 7.49. The predicted octanol–water partition coefficient (Wildman–Crippen LogP) is 3.09. The van der Waals surface area contributed by atoms with Gasteiger partial charge in [-0.2, -0.15) is 0 Å². The Labute approximate surface area is 118 Å². The third-order valence-electron chi connectivity index (χ3n) is 2.96. The molecule has 1 amide bonds. The largest absolute Gasteiger partial charge is 0.408 e. The molecule has 0 saturated heterocycles. The zero-order valence-electron chi connectivity index (χ0n) is 10.1. The summed E-state index contributed by atoms with van der Waals surface area (Å²) < 4.78 is 5.38. The van der Waals surface area contributed by atoms with Crippen LogP contribution in [0.1, 0.15) is 40.6 Å². The first-order valence-electron chi connectivity index (χ1n) is 6.06. The van der Waals surface area contributed by atoms with Gasteiger partial charge in [-0.05, 0) is 30.5 Å². The normalized spacial score (nSPS) is 14.4. The van der Waals surface area contributed by atoms with Crippen LogP contribution in [0.15, 0.2) is 28.7 Å². The van der Waals surface area contributed by atoms with Gasteiger partial charge in [0.15, 0.2) is 0 Å². The summed E-state index contributed by atoms with van der Waals surface area (Å²) in [5.41, 5.74) is 1.68. The average Bonchev–Trinajstić information content (AvgIpc) is 3.20. The van der Waals surface area contributed by atoms with Crippen LogP contribution in [0, 0.1) is 0 Å². The van der Waals surface area contributed by atoms with Gasteiger partial charge in [0, 0.05) is 16.8 Å². The van der Waals surface area contributed by atoms with E-state index in [0.717, 1.165) is 23.7 Å². The van der Waals surface area contributed by atoms with Crippen molar-refractivity contribution in [3.8, 4) is 0 Å². The molecule has 1 aromatic carbocycles. The number of anilines is 1. The molecular weight excluding hydrogens is 310 g/mol. The molecule has 1 aliphatic rings. The first-order chi connectivity index (χ1) is 9.26. The highest BCUT2D eigenvalue weighted by molar-refractivity contribution is 9.08. The summed E-state index contributed by atoms with van der Waals surface area (Å²) in [7, 11) is 0. The Bertz CT molecular complexity index is 590. The fourth-order valence-electron chi connectivity index (χ4n) is 1.69. The molecule has 2 aromatic rings. The van der Waals surface area contributed by atoms with Gasteiger partial charge in [0.05, 0.1) is 0 Å². The fourth-order valence-corrected chi connectivity index (χ4v) is 2.07. The van der Waals surface area contributed by atoms with E-state index in [2.05, 4.69) is 31.4 Å². The first kappa shape index (κ1) is 12.3. The molecule has 6 heteroatoms. The van der Waals surface area contributed by atoms with Gasteiger partial charge in [-0.3, -0.25) is 10.1 Å². The monoisotopic (exact) mass is 321 g/mol. The molecule has 1 aliphatic carbocycles. The van der Waals surface area contributed by atoms with Crippen molar-refractivity contribution < 1.29 is 9.21 Å². The second-order valence-corrected chi connectivity index (χ2v) is 5.07. The number of carbonyl (C=O) groups excluding carboxylic acids is 1. The Kier molecular flexibility index (Phi) is 3.33. The summed E-state index contributed by atoms with van der Waals surface area (Å²) in [6.07, 6.45) is 2.17. The highest BCUT2D eigenvalue weighted by Crippen LogP contribution is 2.39. The third kappa shape index (κ3) is 2.84. The lowest BCUT2D eigenvalue weighted by Gasteiger charge is -2.01. The Balaban J connectivity index is 1.68. The van der Waals surface area contributed by atoms with E-state index in [4.69, 9.17) is 4.42 Å². The van der Waals surface area contributed by atoms with Crippen molar-refractivity contribution in [2.75, 3.05) is 5.32 Å². The van der Waals surface area contributed by atoms with Crippen molar-refractivity contribution in [2.24, 2.45) is 0 Å². The highest BCUT2D eigenvalue weighted by atomic mass is 79.9. The van der Waals surface area contributed by atoms with Crippen LogP contribution in [0.3, 0.4) is 0 Å². The molecule has 0 spiro atoms. The van der Waals surface area contributed by atoms with Gasteiger partial charge in [-0.15, -0.1) is 5.10 Å². The Hall–Kier alpha value is -1.69. The standard InChI is InChI=1S/C13H12BrN3O2/c14-7-8-1-3-9(4-2-8)11(18)15-13-17-16-12(19-13)10-5-6-10/h1-4,10H,5-7H2,(H,15,17,18). The number of aromatic nitrogens is 2. The van der Waals surface area contributed by atoms with E-state index in [9.17, 15) is 4.79 Å². The molecule has 5 nitrogen and oxygen atoms in total. The number of nitrogens with one attached hydrogen (secondary N) is 1. The van der Waals surface area contributed by atoms with Crippen molar-refractivity contribution in [1.29, 1.82) is 0 Å². The van der Waals surface area contributed by atoms with Crippen LogP contribution >= 0.6 is 15.9 Å². The van der Waals surface area contributed by atoms with Crippen LogP contribution in [0.25, 0.3) is 0 Å². The molecule has 0 bridgehead atoms. The van der Waals surface area contributed by atoms with Crippen LogP contribution in [-0.4, -0.2) is 16.1 Å². The molecule has 1 fully saturated rings. The molecule has 1 heterocycles. The number of halogens is 1. The van der Waals surface area contributed by atoms with Gasteiger partial charge >= 0.3 is 6.01 Å². The van der Waals surface area contributed by atoms with Crippen molar-refractivity contribution in [2.45, 2.75) is 24.1 Å². The number of rotatable bonds is 4. The van der Waals surface area contributed by atoms with Crippen LogP contribution in [0.4, 0.5) is 6.01 Å². The van der Waals surface area contributed by atoms with E-state index in [1.54, 1.807) is 12.1 Å². The molecular formula is C13H12BrN3O2. The summed E-state index contributed by atoms with van der Waals surface area (Å²) in [6.45, 7) is 0. The third-order valence-corrected chi connectivity index (χ3v) is 3.61. The van der Waals surface area contributed by atoms with E-state index in [1.165, 1.54) is 0 Å². The summed E-state index contributed by atoms with van der Waals surface area (Å²) in [5, 5.41) is 11.1. The van der Waals surface area contributed by atoms with Gasteiger partial charge < -0.3 is 4.42 Å². The quantitative estimate of drug-likeness (QED) is 0.878. The van der Waals surface area contributed by atoms with E-state index in [0.29, 0.717) is 17.4 Å². The van der Waals surface area contributed by atoms with E-state index in [-0.39, 0.29) is 11.9 Å². The second kappa shape index (κ2) is 5.13. The number of nitrogens with zero attached hydrogens (tertiary/aromatic N) is 2.